The van der Waals surface area contributed by atoms with Gasteiger partial charge >= 0.3 is 0 Å². The van der Waals surface area contributed by atoms with Gasteiger partial charge < -0.3 is 9.73 Å². The highest BCUT2D eigenvalue weighted by molar-refractivity contribution is 6.30. The molecule has 1 aromatic heterocycles. The second-order valence-electron chi connectivity index (χ2n) is 4.71. The molecule has 0 spiro atoms. The van der Waals surface area contributed by atoms with Crippen LogP contribution in [0.1, 0.15) is 24.4 Å². The predicted molar refractivity (Wildman–Crippen MR) is 78.4 cm³/mol. The van der Waals surface area contributed by atoms with Crippen LogP contribution in [-0.2, 0) is 0 Å². The number of carbonyl (C=O) groups is 1. The Kier molecular flexibility index (Phi) is 4.28. The number of nitro benzene ring substituents is 1. The number of nitrogens with zero attached hydrogens (tertiary/aromatic N) is 1. The third-order valence-electron chi connectivity index (χ3n) is 2.67. The molecule has 0 unspecified atom stereocenters. The largest absolute Gasteiger partial charge is 0.451 e. The van der Waals surface area contributed by atoms with Crippen molar-refractivity contribution >= 4 is 23.2 Å². The van der Waals surface area contributed by atoms with Gasteiger partial charge in [0.2, 0.25) is 0 Å². The van der Waals surface area contributed by atoms with Gasteiger partial charge in [0.1, 0.15) is 5.76 Å². The van der Waals surface area contributed by atoms with Gasteiger partial charge in [-0.2, -0.15) is 0 Å². The first-order valence-corrected chi connectivity index (χ1v) is 6.61. The van der Waals surface area contributed by atoms with Crippen LogP contribution in [0, 0.1) is 10.1 Å². The summed E-state index contributed by atoms with van der Waals surface area (Å²) in [4.78, 5) is 22.3. The first-order chi connectivity index (χ1) is 9.88. The van der Waals surface area contributed by atoms with Crippen LogP contribution >= 0.6 is 11.6 Å². The maximum Gasteiger partial charge on any atom is 0.287 e. The van der Waals surface area contributed by atoms with Gasteiger partial charge in [-0.1, -0.05) is 11.6 Å². The summed E-state index contributed by atoms with van der Waals surface area (Å²) in [6.45, 7) is 3.65. The number of rotatable bonds is 4. The van der Waals surface area contributed by atoms with E-state index in [1.807, 2.05) is 13.8 Å². The number of amides is 1. The van der Waals surface area contributed by atoms with E-state index < -0.39 is 4.92 Å². The van der Waals surface area contributed by atoms with Gasteiger partial charge in [-0.05, 0) is 38.1 Å². The number of benzene rings is 1. The molecular formula is C14H13ClN2O4. The van der Waals surface area contributed by atoms with Crippen LogP contribution < -0.4 is 5.32 Å². The van der Waals surface area contributed by atoms with Crippen molar-refractivity contribution < 1.29 is 14.1 Å². The maximum atomic E-state index is 11.8. The Morgan fingerprint density at radius 1 is 1.33 bits per heavy atom. The highest BCUT2D eigenvalue weighted by atomic mass is 35.5. The fourth-order valence-electron chi connectivity index (χ4n) is 1.80. The van der Waals surface area contributed by atoms with Crippen molar-refractivity contribution in [2.24, 2.45) is 0 Å². The molecule has 110 valence electrons. The lowest BCUT2D eigenvalue weighted by Crippen LogP contribution is -2.29. The zero-order valence-electron chi connectivity index (χ0n) is 11.4. The number of carbonyl (C=O) groups excluding carboxylic acids is 1. The molecule has 0 fully saturated rings. The molecule has 0 atom stereocenters. The highest BCUT2D eigenvalue weighted by Crippen LogP contribution is 2.33. The van der Waals surface area contributed by atoms with Crippen molar-refractivity contribution in [1.82, 2.24) is 5.32 Å². The van der Waals surface area contributed by atoms with E-state index in [1.165, 1.54) is 30.3 Å². The van der Waals surface area contributed by atoms with Crippen LogP contribution in [0.3, 0.4) is 0 Å². The first kappa shape index (κ1) is 15.1. The van der Waals surface area contributed by atoms with Gasteiger partial charge in [0.25, 0.3) is 11.6 Å². The SMILES string of the molecule is CC(C)NC(=O)c1ccc(-c2ccc(Cl)cc2[N+](=O)[O-])o1. The Morgan fingerprint density at radius 3 is 2.67 bits per heavy atom. The molecular weight excluding hydrogens is 296 g/mol. The zero-order valence-corrected chi connectivity index (χ0v) is 12.2. The minimum atomic E-state index is -0.544. The number of hydrogen-bond acceptors (Lipinski definition) is 4. The van der Waals surface area contributed by atoms with E-state index in [1.54, 1.807) is 0 Å². The van der Waals surface area contributed by atoms with Crippen molar-refractivity contribution in [2.45, 2.75) is 19.9 Å². The summed E-state index contributed by atoms with van der Waals surface area (Å²) in [6, 6.07) is 7.23. The number of nitrogens with one attached hydrogen (secondary N) is 1. The number of furan rings is 1. The molecule has 0 saturated heterocycles. The standard InChI is InChI=1S/C14H13ClN2O4/c1-8(2)16-14(18)13-6-5-12(21-13)10-4-3-9(15)7-11(10)17(19)20/h3-8H,1-2H3,(H,16,18). The van der Waals surface area contributed by atoms with Gasteiger partial charge in [0, 0.05) is 17.1 Å². The van der Waals surface area contributed by atoms with E-state index in [0.29, 0.717) is 0 Å². The molecule has 0 bridgehead atoms. The number of nitro groups is 1. The average Bonchev–Trinajstić information content (AvgIpc) is 2.87. The minimum Gasteiger partial charge on any atom is -0.451 e. The zero-order chi connectivity index (χ0) is 15.6. The van der Waals surface area contributed by atoms with Crippen LogP contribution in [0.25, 0.3) is 11.3 Å². The summed E-state index contributed by atoms with van der Waals surface area (Å²) >= 11 is 5.76. The van der Waals surface area contributed by atoms with E-state index in [0.717, 1.165) is 0 Å². The van der Waals surface area contributed by atoms with Crippen LogP contribution in [0.5, 0.6) is 0 Å². The van der Waals surface area contributed by atoms with Crippen molar-refractivity contribution in [2.75, 3.05) is 0 Å². The molecule has 0 aliphatic carbocycles. The van der Waals surface area contributed by atoms with Crippen molar-refractivity contribution in [3.05, 3.63) is 51.2 Å². The smallest absolute Gasteiger partial charge is 0.287 e. The first-order valence-electron chi connectivity index (χ1n) is 6.23. The summed E-state index contributed by atoms with van der Waals surface area (Å²) in [6.07, 6.45) is 0. The van der Waals surface area contributed by atoms with Gasteiger partial charge in [0.05, 0.1) is 10.5 Å². The molecule has 1 N–H and O–H groups in total. The summed E-state index contributed by atoms with van der Waals surface area (Å²) < 4.78 is 5.40. The molecule has 7 heteroatoms. The third kappa shape index (κ3) is 3.41. The Morgan fingerprint density at radius 2 is 2.05 bits per heavy atom. The quantitative estimate of drug-likeness (QED) is 0.690. The summed E-state index contributed by atoms with van der Waals surface area (Å²) in [7, 11) is 0. The van der Waals surface area contributed by atoms with Gasteiger partial charge in [-0.3, -0.25) is 14.9 Å². The van der Waals surface area contributed by atoms with E-state index in [-0.39, 0.29) is 39.7 Å². The molecule has 0 aliphatic heterocycles. The van der Waals surface area contributed by atoms with Crippen LogP contribution in [-0.4, -0.2) is 16.9 Å². The fraction of sp³-hybridized carbons (Fsp3) is 0.214. The molecule has 1 aromatic carbocycles. The van der Waals surface area contributed by atoms with E-state index in [9.17, 15) is 14.9 Å². The number of hydrogen-bond donors (Lipinski definition) is 1. The minimum absolute atomic E-state index is 0.0316. The van der Waals surface area contributed by atoms with E-state index in [4.69, 9.17) is 16.0 Å². The second-order valence-corrected chi connectivity index (χ2v) is 5.15. The molecule has 0 aliphatic rings. The molecule has 21 heavy (non-hydrogen) atoms. The lowest BCUT2D eigenvalue weighted by atomic mass is 10.1. The summed E-state index contributed by atoms with van der Waals surface area (Å²) in [5, 5.41) is 14.0. The van der Waals surface area contributed by atoms with Gasteiger partial charge in [-0.25, -0.2) is 0 Å². The lowest BCUT2D eigenvalue weighted by Gasteiger charge is -2.05. The molecule has 0 saturated carbocycles. The van der Waals surface area contributed by atoms with Crippen molar-refractivity contribution in [3.8, 4) is 11.3 Å². The molecule has 1 amide bonds. The Hall–Kier alpha value is -2.34. The lowest BCUT2D eigenvalue weighted by molar-refractivity contribution is -0.384. The topological polar surface area (TPSA) is 85.4 Å². The molecule has 0 radical (unpaired) electrons. The van der Waals surface area contributed by atoms with Crippen molar-refractivity contribution in [1.29, 1.82) is 0 Å². The monoisotopic (exact) mass is 308 g/mol. The molecule has 2 aromatic rings. The van der Waals surface area contributed by atoms with Gasteiger partial charge in [-0.15, -0.1) is 0 Å². The normalized spacial score (nSPS) is 10.7. The van der Waals surface area contributed by atoms with E-state index >= 15 is 0 Å². The summed E-state index contributed by atoms with van der Waals surface area (Å²) in [5.41, 5.74) is 0.0978. The Labute approximate surface area is 125 Å². The summed E-state index contributed by atoms with van der Waals surface area (Å²) in [5.74, 6) is -0.0249. The van der Waals surface area contributed by atoms with E-state index in [2.05, 4.69) is 5.32 Å². The third-order valence-corrected chi connectivity index (χ3v) is 2.91. The van der Waals surface area contributed by atoms with Crippen LogP contribution in [0.15, 0.2) is 34.7 Å². The maximum absolute atomic E-state index is 11.8. The van der Waals surface area contributed by atoms with Crippen molar-refractivity contribution in [3.63, 3.8) is 0 Å². The Bertz CT molecular complexity index is 694. The number of halogens is 1. The molecule has 1 heterocycles. The van der Waals surface area contributed by atoms with Crippen LogP contribution in [0.4, 0.5) is 5.69 Å². The molecule has 6 nitrogen and oxygen atoms in total. The molecule has 2 rings (SSSR count). The Balaban J connectivity index is 2.38. The van der Waals surface area contributed by atoms with Gasteiger partial charge in [0.15, 0.2) is 5.76 Å². The predicted octanol–water partition coefficient (Wildman–Crippen LogP) is 3.65. The average molecular weight is 309 g/mol. The van der Waals surface area contributed by atoms with Crippen LogP contribution in [0.2, 0.25) is 5.02 Å². The fourth-order valence-corrected chi connectivity index (χ4v) is 1.97. The second kappa shape index (κ2) is 5.97. The highest BCUT2D eigenvalue weighted by Gasteiger charge is 2.20.